The van der Waals surface area contributed by atoms with Crippen LogP contribution in [0.1, 0.15) is 130 Å². The van der Waals surface area contributed by atoms with E-state index in [-0.39, 0.29) is 124 Å². The maximum atomic E-state index is 12.9. The highest BCUT2D eigenvalue weighted by Gasteiger charge is 2.28. The molecule has 0 aliphatic heterocycles. The molecule has 99 heavy (non-hydrogen) atoms. The number of carbonyl (C=O) groups excluding carboxylic acids is 10. The molecule has 0 bridgehead atoms. The third kappa shape index (κ3) is 26.3. The number of ether oxygens (including phenoxy) is 14. The maximum absolute atomic E-state index is 12.9. The fourth-order valence-electron chi connectivity index (χ4n) is 7.80. The van der Waals surface area contributed by atoms with E-state index in [2.05, 4.69) is 45.3 Å². The summed E-state index contributed by atoms with van der Waals surface area (Å²) in [7, 11) is 0. The van der Waals surface area contributed by atoms with Gasteiger partial charge in [-0.25, -0.2) is 47.9 Å². The van der Waals surface area contributed by atoms with E-state index in [4.69, 9.17) is 47.4 Å². The molecule has 8 rings (SSSR count). The van der Waals surface area contributed by atoms with Gasteiger partial charge in [0.1, 0.15) is 46.0 Å². The highest BCUT2D eigenvalue weighted by molar-refractivity contribution is 5.94. The van der Waals surface area contributed by atoms with E-state index in [9.17, 15) is 47.9 Å². The summed E-state index contributed by atoms with van der Waals surface area (Å²) >= 11 is 0. The van der Waals surface area contributed by atoms with Crippen LogP contribution in [0.25, 0.3) is 11.1 Å². The van der Waals surface area contributed by atoms with E-state index in [1.807, 2.05) is 19.1 Å². The quantitative estimate of drug-likeness (QED) is 0.0136. The summed E-state index contributed by atoms with van der Waals surface area (Å²) in [6.07, 6.45) is 1.64. The van der Waals surface area contributed by atoms with Crippen molar-refractivity contribution < 1.29 is 114 Å². The molecular weight excluding hydrogens is 1280 g/mol. The third-order valence-corrected chi connectivity index (χ3v) is 12.3. The molecule has 0 spiro atoms. The zero-order valence-electron chi connectivity index (χ0n) is 48.3. The van der Waals surface area contributed by atoms with Crippen LogP contribution in [0, 0.1) is 6.92 Å². The lowest BCUT2D eigenvalue weighted by molar-refractivity contribution is -0.147. The number of hydrogen-bond acceptors (Lipinski definition) is 24. The molecule has 24 heteroatoms. The Labute approximate surface area is 576 Å². The summed E-state index contributed by atoms with van der Waals surface area (Å²) in [4.78, 5) is 118. The average Bonchev–Trinajstić information content (AvgIpc) is 1.61. The lowest BCUT2D eigenvalue weighted by Gasteiger charge is -2.11. The molecule has 0 unspecified atom stereocenters. The number of benzene rings is 7. The first-order valence-electron chi connectivity index (χ1n) is 26.6. The predicted octanol–water partition coefficient (Wildman–Crippen LogP) is 16.3. The minimum atomic E-state index is -1.11. The van der Waals surface area contributed by atoms with Crippen molar-refractivity contribution in [1.29, 1.82) is 0 Å². The normalized spacial score (nSPS) is 9.76. The smallest absolute Gasteiger partial charge is 0.457 e. The molecule has 0 atom stereocenters. The van der Waals surface area contributed by atoms with Crippen LogP contribution in [0.4, 0.5) is 9.59 Å². The molecule has 7 aromatic rings. The van der Waals surface area contributed by atoms with Gasteiger partial charge in [-0.1, -0.05) is 105 Å². The highest BCUT2D eigenvalue weighted by atomic mass is 16.8. The van der Waals surface area contributed by atoms with Crippen molar-refractivity contribution in [2.45, 2.75) is 79.2 Å². The molecule has 0 amide bonds. The van der Waals surface area contributed by atoms with Crippen LogP contribution in [0.2, 0.25) is 0 Å². The highest BCUT2D eigenvalue weighted by Crippen LogP contribution is 2.47. The SMILES string of the molecule is C.C.C.C.C.C.C.C.C=CC(=O)OCOC(=O)Oc1ccc(C(=O)Oc2ccc3c(c2)C(C)c2cc(OC(=O)c4ccc(OC(=O)OCOC(=O)C=C)cc4)ccc2-3)cc1.C=CC(=O)OCOc1ccc(C(=O)Oc2ccc(OC(=O)c3ccc(OCOC(=O)C=C)cc3)c(C)c2)cc1. The van der Waals surface area contributed by atoms with E-state index in [1.165, 1.54) is 109 Å². The molecule has 7 aromatic carbocycles. The fraction of sp³-hybridized carbons (Fsp3) is 0.200. The molecular formula is C75H84O24. The standard InChI is InChI=1S/C38H28O14.C29H24O10.8CH4/c1-4-33(39)45-20-47-37(43)51-25-10-6-23(7-11-25)35(41)49-27-14-16-29-30-17-15-28(19-32(30)22(3)31(29)18-27)50-36(42)24-8-12-26(13-9-24)52-38(44)48-21-46-34(40)5-2;1-4-26(30)36-17-34-22-10-6-20(7-11-22)28(32)38-24-14-15-25(19(3)16-24)39-29(33)21-8-12-23(13-9-21)35-18-37-27(31)5-2;;;;;;;;/h4-19,22H,1-2,20-21H2,3H3;4-16H,1-2,17-18H2,3H3;8*1H4. The van der Waals surface area contributed by atoms with Crippen molar-refractivity contribution in [2.24, 2.45) is 0 Å². The first-order valence-corrected chi connectivity index (χ1v) is 26.6. The summed E-state index contributed by atoms with van der Waals surface area (Å²) in [6, 6.07) is 38.4. The van der Waals surface area contributed by atoms with Crippen molar-refractivity contribution in [2.75, 3.05) is 27.2 Å². The Hall–Kier alpha value is -12.6. The number of hydrogen-bond donors (Lipinski definition) is 0. The van der Waals surface area contributed by atoms with Gasteiger partial charge in [0.2, 0.25) is 27.2 Å². The van der Waals surface area contributed by atoms with Gasteiger partial charge in [0, 0.05) is 30.2 Å². The van der Waals surface area contributed by atoms with Gasteiger partial charge in [-0.2, -0.15) is 0 Å². The molecule has 0 saturated carbocycles. The van der Waals surface area contributed by atoms with Crippen LogP contribution < -0.4 is 37.9 Å². The zero-order chi connectivity index (χ0) is 65.4. The van der Waals surface area contributed by atoms with E-state index < -0.39 is 73.7 Å². The van der Waals surface area contributed by atoms with Gasteiger partial charge in [0.25, 0.3) is 0 Å². The topological polar surface area (TPSA) is 300 Å². The molecule has 528 valence electrons. The second kappa shape index (κ2) is 43.4. The fourth-order valence-corrected chi connectivity index (χ4v) is 7.80. The summed E-state index contributed by atoms with van der Waals surface area (Å²) in [5.74, 6) is -3.27. The van der Waals surface area contributed by atoms with Crippen LogP contribution in [-0.4, -0.2) is 87.2 Å². The summed E-state index contributed by atoms with van der Waals surface area (Å²) in [5.41, 5.74) is 5.15. The molecule has 0 N–H and O–H groups in total. The Morgan fingerprint density at radius 1 is 0.323 bits per heavy atom. The number of aryl methyl sites for hydroxylation is 1. The molecule has 0 saturated heterocycles. The van der Waals surface area contributed by atoms with Gasteiger partial charge in [-0.05, 0) is 174 Å². The molecule has 24 nitrogen and oxygen atoms in total. The molecule has 0 aromatic heterocycles. The molecule has 1 aliphatic carbocycles. The first kappa shape index (κ1) is 88.5. The summed E-state index contributed by atoms with van der Waals surface area (Å²) < 4.78 is 70.3. The monoisotopic (exact) mass is 1370 g/mol. The van der Waals surface area contributed by atoms with Crippen molar-refractivity contribution in [3.05, 3.63) is 241 Å². The van der Waals surface area contributed by atoms with Crippen LogP contribution in [0.5, 0.6) is 46.0 Å². The second-order valence-corrected chi connectivity index (χ2v) is 18.2. The Morgan fingerprint density at radius 3 is 0.909 bits per heavy atom. The minimum absolute atomic E-state index is 0. The zero-order valence-corrected chi connectivity index (χ0v) is 48.3. The largest absolute Gasteiger partial charge is 0.516 e. The van der Waals surface area contributed by atoms with Crippen molar-refractivity contribution >= 4 is 60.1 Å². The van der Waals surface area contributed by atoms with Crippen LogP contribution in [-0.2, 0) is 47.6 Å². The minimum Gasteiger partial charge on any atom is -0.457 e. The lowest BCUT2D eigenvalue weighted by atomic mass is 9.99. The van der Waals surface area contributed by atoms with Crippen molar-refractivity contribution in [3.63, 3.8) is 0 Å². The van der Waals surface area contributed by atoms with Gasteiger partial charge < -0.3 is 66.3 Å². The predicted molar refractivity (Wildman–Crippen MR) is 370 cm³/mol. The molecule has 1 aliphatic rings. The molecule has 0 fully saturated rings. The maximum Gasteiger partial charge on any atom is 0.516 e. The Kier molecular flexibility index (Phi) is 38.8. The summed E-state index contributed by atoms with van der Waals surface area (Å²) in [5, 5.41) is 0. The van der Waals surface area contributed by atoms with Gasteiger partial charge in [-0.3, -0.25) is 0 Å². The van der Waals surface area contributed by atoms with E-state index in [0.29, 0.717) is 28.6 Å². The number of carbonyl (C=O) groups is 10. The van der Waals surface area contributed by atoms with Gasteiger partial charge in [0.05, 0.1) is 22.3 Å². The Morgan fingerprint density at radius 2 is 0.596 bits per heavy atom. The van der Waals surface area contributed by atoms with Gasteiger partial charge in [-0.15, -0.1) is 0 Å². The van der Waals surface area contributed by atoms with Crippen LogP contribution >= 0.6 is 0 Å². The summed E-state index contributed by atoms with van der Waals surface area (Å²) in [6.45, 7) is 14.8. The first-order chi connectivity index (χ1) is 43.8. The van der Waals surface area contributed by atoms with E-state index in [0.717, 1.165) is 46.6 Å². The van der Waals surface area contributed by atoms with Gasteiger partial charge >= 0.3 is 60.1 Å². The van der Waals surface area contributed by atoms with Crippen molar-refractivity contribution in [3.8, 4) is 57.1 Å². The number of fused-ring (bicyclic) bond motifs is 3. The average molecular weight is 1370 g/mol. The van der Waals surface area contributed by atoms with Crippen LogP contribution in [0.3, 0.4) is 0 Å². The Bertz CT molecular complexity index is 3760. The second-order valence-electron chi connectivity index (χ2n) is 18.2. The lowest BCUT2D eigenvalue weighted by Crippen LogP contribution is -2.15. The van der Waals surface area contributed by atoms with E-state index in [1.54, 1.807) is 37.3 Å². The molecule has 0 heterocycles. The van der Waals surface area contributed by atoms with Gasteiger partial charge in [0.15, 0.2) is 0 Å². The van der Waals surface area contributed by atoms with Crippen molar-refractivity contribution in [1.82, 2.24) is 0 Å². The third-order valence-electron chi connectivity index (χ3n) is 12.3. The molecule has 0 radical (unpaired) electrons. The number of rotatable bonds is 24. The number of esters is 8. The van der Waals surface area contributed by atoms with E-state index >= 15 is 0 Å². The Balaban J connectivity index is 0. The van der Waals surface area contributed by atoms with Crippen LogP contribution in [0.15, 0.2) is 202 Å².